The number of carbonyl (C=O) groups is 3. The van der Waals surface area contributed by atoms with E-state index >= 15 is 0 Å². The second-order valence-corrected chi connectivity index (χ2v) is 7.10. The number of amides is 2. The molecule has 1 aromatic carbocycles. The number of likely N-dealkylation sites (N-methyl/N-ethyl adjacent to an activating group) is 1. The van der Waals surface area contributed by atoms with Crippen molar-refractivity contribution in [1.82, 2.24) is 15.5 Å². The summed E-state index contributed by atoms with van der Waals surface area (Å²) >= 11 is 0. The summed E-state index contributed by atoms with van der Waals surface area (Å²) in [5.74, 6) is -1.13. The molecule has 154 valence electrons. The lowest BCUT2D eigenvalue weighted by Gasteiger charge is -2.34. The van der Waals surface area contributed by atoms with Crippen molar-refractivity contribution in [3.05, 3.63) is 29.8 Å². The minimum atomic E-state index is -1.11. The Kier molecular flexibility index (Phi) is 7.01. The van der Waals surface area contributed by atoms with Gasteiger partial charge in [0, 0.05) is 26.1 Å². The first-order valence-corrected chi connectivity index (χ1v) is 9.39. The molecule has 28 heavy (non-hydrogen) atoms. The number of nitrogens with zero attached hydrogens (tertiary/aromatic N) is 1. The topological polar surface area (TPSA) is 108 Å². The fraction of sp³-hybridized carbons (Fsp3) is 0.550. The molecule has 0 radical (unpaired) electrons. The Morgan fingerprint density at radius 1 is 1.21 bits per heavy atom. The number of carboxylic acids is 1. The highest BCUT2D eigenvalue weighted by Crippen LogP contribution is 2.47. The normalized spacial score (nSPS) is 24.6. The number of nitrogens with one attached hydrogen (secondary N) is 2. The second kappa shape index (κ2) is 9.05. The first-order chi connectivity index (χ1) is 13.3. The Balaban J connectivity index is 2.28. The second-order valence-electron chi connectivity index (χ2n) is 7.10. The van der Waals surface area contributed by atoms with Crippen molar-refractivity contribution >= 4 is 17.8 Å². The first kappa shape index (κ1) is 21.7. The van der Waals surface area contributed by atoms with Gasteiger partial charge in [0.15, 0.2) is 0 Å². The van der Waals surface area contributed by atoms with Crippen molar-refractivity contribution in [3.8, 4) is 5.75 Å². The van der Waals surface area contributed by atoms with Gasteiger partial charge in [-0.2, -0.15) is 0 Å². The minimum Gasteiger partial charge on any atom is -0.497 e. The number of hydrogen-bond donors (Lipinski definition) is 3. The number of aliphatic carboxylic acids is 1. The number of methoxy groups -OCH3 is 1. The summed E-state index contributed by atoms with van der Waals surface area (Å²) in [6.07, 6.45) is 0.610. The molecule has 8 heteroatoms. The summed E-state index contributed by atoms with van der Waals surface area (Å²) in [6, 6.07) is 6.97. The zero-order valence-electron chi connectivity index (χ0n) is 16.8. The predicted molar refractivity (Wildman–Crippen MR) is 104 cm³/mol. The van der Waals surface area contributed by atoms with E-state index in [0.717, 1.165) is 5.56 Å². The Labute approximate surface area is 165 Å². The summed E-state index contributed by atoms with van der Waals surface area (Å²) in [6.45, 7) is 3.86. The zero-order chi connectivity index (χ0) is 20.9. The fourth-order valence-electron chi connectivity index (χ4n) is 3.99. The molecular formula is C20H29N3O5. The average Bonchev–Trinajstić information content (AvgIpc) is 2.98. The van der Waals surface area contributed by atoms with Crippen molar-refractivity contribution < 1.29 is 24.2 Å². The summed E-state index contributed by atoms with van der Waals surface area (Å²) in [5.41, 5.74) is -0.244. The molecule has 0 saturated carbocycles. The lowest BCUT2D eigenvalue weighted by molar-refractivity contribution is -0.150. The minimum absolute atomic E-state index is 0.165. The van der Waals surface area contributed by atoms with E-state index < -0.39 is 17.4 Å². The molecule has 1 aromatic rings. The van der Waals surface area contributed by atoms with E-state index in [-0.39, 0.29) is 24.3 Å². The van der Waals surface area contributed by atoms with Gasteiger partial charge in [-0.25, -0.2) is 0 Å². The van der Waals surface area contributed by atoms with Crippen molar-refractivity contribution in [2.24, 2.45) is 5.92 Å². The molecule has 0 aliphatic carbocycles. The maximum Gasteiger partial charge on any atom is 0.324 e. The van der Waals surface area contributed by atoms with Crippen LogP contribution in [0.1, 0.15) is 38.3 Å². The number of carboxylic acid groups (broad SMARTS) is 1. The van der Waals surface area contributed by atoms with Crippen LogP contribution in [0.3, 0.4) is 0 Å². The van der Waals surface area contributed by atoms with Crippen LogP contribution in [-0.4, -0.2) is 60.6 Å². The van der Waals surface area contributed by atoms with Crippen LogP contribution >= 0.6 is 0 Å². The molecule has 1 fully saturated rings. The Bertz CT molecular complexity index is 721. The maximum atomic E-state index is 12.9. The van der Waals surface area contributed by atoms with Gasteiger partial charge in [-0.15, -0.1) is 0 Å². The summed E-state index contributed by atoms with van der Waals surface area (Å²) < 4.78 is 5.20. The van der Waals surface area contributed by atoms with Gasteiger partial charge >= 0.3 is 5.97 Å². The largest absolute Gasteiger partial charge is 0.497 e. The Morgan fingerprint density at radius 3 is 2.32 bits per heavy atom. The molecule has 0 aromatic heterocycles. The lowest BCUT2D eigenvalue weighted by Crippen LogP contribution is -2.48. The standard InChI is InChI=1S/C20H29N3O5/c1-5-20(19(26)27)12-16(18(25)22-11-10-21-13(2)24)17(23(20)3)14-6-8-15(28-4)9-7-14/h6-9,16-17H,5,10-12H2,1-4H3,(H,21,24)(H,22,25)(H,26,27)/t16-,17-,20-/m0/s1. The first-order valence-electron chi connectivity index (χ1n) is 9.39. The highest BCUT2D eigenvalue weighted by molar-refractivity contribution is 5.85. The van der Waals surface area contributed by atoms with E-state index in [1.165, 1.54) is 6.92 Å². The molecule has 1 heterocycles. The van der Waals surface area contributed by atoms with E-state index in [1.807, 2.05) is 31.2 Å². The molecule has 0 unspecified atom stereocenters. The van der Waals surface area contributed by atoms with Crippen molar-refractivity contribution in [2.45, 2.75) is 38.3 Å². The molecule has 1 aliphatic rings. The van der Waals surface area contributed by atoms with E-state index in [2.05, 4.69) is 10.6 Å². The quantitative estimate of drug-likeness (QED) is 0.574. The molecular weight excluding hydrogens is 362 g/mol. The molecule has 1 aliphatic heterocycles. The van der Waals surface area contributed by atoms with E-state index in [9.17, 15) is 19.5 Å². The molecule has 2 amide bonds. The molecule has 2 rings (SSSR count). The number of likely N-dealkylation sites (tertiary alicyclic amines) is 1. The van der Waals surface area contributed by atoms with Crippen LogP contribution in [0, 0.1) is 5.92 Å². The third-order valence-corrected chi connectivity index (χ3v) is 5.61. The van der Waals surface area contributed by atoms with Crippen LogP contribution in [0.15, 0.2) is 24.3 Å². The van der Waals surface area contributed by atoms with Gasteiger partial charge in [0.1, 0.15) is 11.3 Å². The van der Waals surface area contributed by atoms with Crippen LogP contribution in [-0.2, 0) is 14.4 Å². The van der Waals surface area contributed by atoms with Crippen LogP contribution in [0.2, 0.25) is 0 Å². The number of ether oxygens (including phenoxy) is 1. The monoisotopic (exact) mass is 391 g/mol. The highest BCUT2D eigenvalue weighted by atomic mass is 16.5. The third-order valence-electron chi connectivity index (χ3n) is 5.61. The average molecular weight is 391 g/mol. The van der Waals surface area contributed by atoms with Gasteiger partial charge in [0.25, 0.3) is 0 Å². The Hall–Kier alpha value is -2.61. The smallest absolute Gasteiger partial charge is 0.324 e. The Morgan fingerprint density at radius 2 is 1.82 bits per heavy atom. The van der Waals surface area contributed by atoms with Gasteiger partial charge in [-0.3, -0.25) is 19.3 Å². The van der Waals surface area contributed by atoms with Gasteiger partial charge < -0.3 is 20.5 Å². The van der Waals surface area contributed by atoms with Gasteiger partial charge in [0.2, 0.25) is 11.8 Å². The van der Waals surface area contributed by atoms with Crippen LogP contribution in [0.25, 0.3) is 0 Å². The van der Waals surface area contributed by atoms with Crippen LogP contribution < -0.4 is 15.4 Å². The van der Waals surface area contributed by atoms with E-state index in [0.29, 0.717) is 25.3 Å². The zero-order valence-corrected chi connectivity index (χ0v) is 16.8. The summed E-state index contributed by atoms with van der Waals surface area (Å²) in [5, 5.41) is 15.4. The third kappa shape index (κ3) is 4.27. The SMILES string of the molecule is CC[C@@]1(C(=O)O)C[C@H](C(=O)NCCNC(C)=O)[C@H](c2ccc(OC)cc2)N1C. The fourth-order valence-corrected chi connectivity index (χ4v) is 3.99. The molecule has 8 nitrogen and oxygen atoms in total. The lowest BCUT2D eigenvalue weighted by atomic mass is 9.87. The van der Waals surface area contributed by atoms with Crippen molar-refractivity contribution in [1.29, 1.82) is 0 Å². The van der Waals surface area contributed by atoms with E-state index in [1.54, 1.807) is 19.1 Å². The highest BCUT2D eigenvalue weighted by Gasteiger charge is 2.56. The molecule has 0 spiro atoms. The molecule has 3 N–H and O–H groups in total. The number of hydrogen-bond acceptors (Lipinski definition) is 5. The van der Waals surface area contributed by atoms with Gasteiger partial charge in [-0.05, 0) is 37.6 Å². The maximum absolute atomic E-state index is 12.9. The van der Waals surface area contributed by atoms with Crippen LogP contribution in [0.5, 0.6) is 5.75 Å². The predicted octanol–water partition coefficient (Wildman–Crippen LogP) is 1.17. The molecule has 3 atom stereocenters. The summed E-state index contributed by atoms with van der Waals surface area (Å²) in [4.78, 5) is 37.8. The number of carbonyl (C=O) groups excluding carboxylic acids is 2. The van der Waals surface area contributed by atoms with Crippen molar-refractivity contribution in [2.75, 3.05) is 27.2 Å². The molecule has 0 bridgehead atoms. The molecule has 1 saturated heterocycles. The van der Waals surface area contributed by atoms with E-state index in [4.69, 9.17) is 4.74 Å². The van der Waals surface area contributed by atoms with Gasteiger partial charge in [-0.1, -0.05) is 19.1 Å². The van der Waals surface area contributed by atoms with Gasteiger partial charge in [0.05, 0.1) is 13.0 Å². The van der Waals surface area contributed by atoms with Crippen molar-refractivity contribution in [3.63, 3.8) is 0 Å². The summed E-state index contributed by atoms with van der Waals surface area (Å²) in [7, 11) is 3.34. The number of benzene rings is 1. The van der Waals surface area contributed by atoms with Crippen LogP contribution in [0.4, 0.5) is 0 Å². The number of rotatable bonds is 8.